The van der Waals surface area contributed by atoms with Gasteiger partial charge in [-0.25, -0.2) is 4.98 Å². The molecular formula is C20H24N3OS2+. The maximum Gasteiger partial charge on any atom is 0.277 e. The summed E-state index contributed by atoms with van der Waals surface area (Å²) < 4.78 is 1.26. The molecule has 136 valence electrons. The van der Waals surface area contributed by atoms with Gasteiger partial charge in [0, 0.05) is 13.6 Å². The van der Waals surface area contributed by atoms with Crippen molar-refractivity contribution in [3.05, 3.63) is 51.7 Å². The lowest BCUT2D eigenvalue weighted by molar-refractivity contribution is -0.898. The second-order valence-electron chi connectivity index (χ2n) is 7.12. The third-order valence-electron chi connectivity index (χ3n) is 5.10. The van der Waals surface area contributed by atoms with Crippen LogP contribution in [0.25, 0.3) is 10.2 Å². The molecule has 0 bridgehead atoms. The predicted molar refractivity (Wildman–Crippen MR) is 108 cm³/mol. The number of para-hydroxylation sites is 1. The standard InChI is InChI=1S/C20H23N3OS2/c1-22(11-15-8-10-25-14-15)19(24)13-23-9-4-5-16(12-23)20-21-17-6-2-3-7-18(17)26-20/h2-3,6-8,10,14,16H,4-5,9,11-13H2,1H3/p+1/t16-/m0/s1. The first kappa shape index (κ1) is 17.6. The minimum absolute atomic E-state index is 0.233. The molecule has 1 aliphatic rings. The Bertz CT molecular complexity index is 841. The van der Waals surface area contributed by atoms with Crippen molar-refractivity contribution < 1.29 is 9.69 Å². The molecule has 0 spiro atoms. The van der Waals surface area contributed by atoms with Crippen LogP contribution in [-0.2, 0) is 11.3 Å². The zero-order chi connectivity index (χ0) is 17.9. The van der Waals surface area contributed by atoms with Gasteiger partial charge in [0.25, 0.3) is 5.91 Å². The molecular weight excluding hydrogens is 362 g/mol. The summed E-state index contributed by atoms with van der Waals surface area (Å²) in [5.41, 5.74) is 2.32. The van der Waals surface area contributed by atoms with E-state index in [0.717, 1.165) is 25.0 Å². The highest BCUT2D eigenvalue weighted by Gasteiger charge is 2.29. The summed E-state index contributed by atoms with van der Waals surface area (Å²) in [6, 6.07) is 10.4. The van der Waals surface area contributed by atoms with Gasteiger partial charge in [-0.15, -0.1) is 11.3 Å². The number of likely N-dealkylation sites (tertiary alicyclic amines) is 1. The van der Waals surface area contributed by atoms with E-state index in [2.05, 4.69) is 35.0 Å². The smallest absolute Gasteiger partial charge is 0.277 e. The summed E-state index contributed by atoms with van der Waals surface area (Å²) in [5, 5.41) is 5.41. The highest BCUT2D eigenvalue weighted by atomic mass is 32.1. The minimum atomic E-state index is 0.233. The van der Waals surface area contributed by atoms with E-state index in [-0.39, 0.29) is 5.91 Å². The van der Waals surface area contributed by atoms with E-state index in [1.54, 1.807) is 11.3 Å². The number of amides is 1. The Morgan fingerprint density at radius 2 is 2.23 bits per heavy atom. The number of carbonyl (C=O) groups excluding carboxylic acids is 1. The van der Waals surface area contributed by atoms with Gasteiger partial charge in [-0.3, -0.25) is 4.79 Å². The molecule has 0 saturated carbocycles. The van der Waals surface area contributed by atoms with Gasteiger partial charge in [0.05, 0.1) is 29.2 Å². The fourth-order valence-electron chi connectivity index (χ4n) is 3.68. The van der Waals surface area contributed by atoms with Crippen LogP contribution in [0, 0.1) is 0 Å². The maximum atomic E-state index is 12.6. The number of piperidine rings is 1. The first-order valence-electron chi connectivity index (χ1n) is 9.13. The topological polar surface area (TPSA) is 37.6 Å². The molecule has 3 aromatic rings. The van der Waals surface area contributed by atoms with E-state index in [4.69, 9.17) is 4.98 Å². The van der Waals surface area contributed by atoms with Crippen LogP contribution in [0.15, 0.2) is 41.1 Å². The summed E-state index contributed by atoms with van der Waals surface area (Å²) in [4.78, 5) is 20.7. The average Bonchev–Trinajstić information content (AvgIpc) is 3.31. The zero-order valence-corrected chi connectivity index (χ0v) is 16.6. The summed E-state index contributed by atoms with van der Waals surface area (Å²) >= 11 is 3.49. The number of rotatable bonds is 5. The molecule has 1 amide bonds. The molecule has 1 N–H and O–H groups in total. The van der Waals surface area contributed by atoms with Crippen molar-refractivity contribution in [1.29, 1.82) is 0 Å². The molecule has 2 aromatic heterocycles. The molecule has 1 aromatic carbocycles. The predicted octanol–water partition coefficient (Wildman–Crippen LogP) is 2.78. The van der Waals surface area contributed by atoms with E-state index in [9.17, 15) is 4.79 Å². The lowest BCUT2D eigenvalue weighted by Crippen LogP contribution is -3.14. The Morgan fingerprint density at radius 1 is 1.35 bits per heavy atom. The fraction of sp³-hybridized carbons (Fsp3) is 0.400. The quantitative estimate of drug-likeness (QED) is 0.732. The lowest BCUT2D eigenvalue weighted by Gasteiger charge is -2.29. The fourth-order valence-corrected chi connectivity index (χ4v) is 5.44. The van der Waals surface area contributed by atoms with Crippen LogP contribution in [0.5, 0.6) is 0 Å². The summed E-state index contributed by atoms with van der Waals surface area (Å²) in [6.45, 7) is 3.39. The number of thiazole rings is 1. The molecule has 1 saturated heterocycles. The molecule has 6 heteroatoms. The van der Waals surface area contributed by atoms with E-state index in [0.29, 0.717) is 19.0 Å². The van der Waals surface area contributed by atoms with Crippen molar-refractivity contribution in [2.75, 3.05) is 26.7 Å². The van der Waals surface area contributed by atoms with Crippen molar-refractivity contribution >= 4 is 38.8 Å². The molecule has 1 fully saturated rings. The number of quaternary nitrogens is 1. The molecule has 4 rings (SSSR count). The summed E-state index contributed by atoms with van der Waals surface area (Å²) in [5.74, 6) is 0.710. The van der Waals surface area contributed by atoms with Gasteiger partial charge >= 0.3 is 0 Å². The van der Waals surface area contributed by atoms with Crippen LogP contribution >= 0.6 is 22.7 Å². The van der Waals surface area contributed by atoms with Gasteiger partial charge < -0.3 is 9.80 Å². The normalized spacial score (nSPS) is 20.3. The number of nitrogens with zero attached hydrogens (tertiary/aromatic N) is 2. The van der Waals surface area contributed by atoms with Gasteiger partial charge in [-0.05, 0) is 47.4 Å². The second-order valence-corrected chi connectivity index (χ2v) is 8.96. The second kappa shape index (κ2) is 7.86. The lowest BCUT2D eigenvalue weighted by atomic mass is 9.99. The van der Waals surface area contributed by atoms with Crippen LogP contribution in [0.3, 0.4) is 0 Å². The van der Waals surface area contributed by atoms with E-state index < -0.39 is 0 Å². The minimum Gasteiger partial charge on any atom is -0.337 e. The largest absolute Gasteiger partial charge is 0.337 e. The van der Waals surface area contributed by atoms with Crippen molar-refractivity contribution in [3.8, 4) is 0 Å². The first-order valence-corrected chi connectivity index (χ1v) is 10.9. The SMILES string of the molecule is CN(Cc1ccsc1)C(=O)C[NH+]1CCC[C@H](c2nc3ccccc3s2)C1. The van der Waals surface area contributed by atoms with Gasteiger partial charge in [0.2, 0.25) is 0 Å². The molecule has 0 aliphatic carbocycles. The molecule has 1 aliphatic heterocycles. The number of carbonyl (C=O) groups is 1. The monoisotopic (exact) mass is 386 g/mol. The number of hydrogen-bond acceptors (Lipinski definition) is 4. The summed E-state index contributed by atoms with van der Waals surface area (Å²) in [7, 11) is 1.91. The van der Waals surface area contributed by atoms with Crippen LogP contribution in [-0.4, -0.2) is 42.5 Å². The van der Waals surface area contributed by atoms with Crippen LogP contribution < -0.4 is 4.90 Å². The Labute approximate surface area is 162 Å². The Morgan fingerprint density at radius 3 is 3.04 bits per heavy atom. The Hall–Kier alpha value is -1.76. The number of nitrogens with one attached hydrogen (secondary N) is 1. The highest BCUT2D eigenvalue weighted by Crippen LogP contribution is 2.30. The maximum absolute atomic E-state index is 12.6. The van der Waals surface area contributed by atoms with E-state index in [1.165, 1.54) is 26.6 Å². The molecule has 26 heavy (non-hydrogen) atoms. The number of thiophene rings is 1. The van der Waals surface area contributed by atoms with E-state index in [1.807, 2.05) is 29.4 Å². The van der Waals surface area contributed by atoms with Crippen LogP contribution in [0.2, 0.25) is 0 Å². The molecule has 0 radical (unpaired) electrons. The van der Waals surface area contributed by atoms with Crippen LogP contribution in [0.1, 0.15) is 29.3 Å². The Balaban J connectivity index is 1.37. The van der Waals surface area contributed by atoms with Gasteiger partial charge in [0.15, 0.2) is 6.54 Å². The first-order chi connectivity index (χ1) is 12.7. The van der Waals surface area contributed by atoms with Crippen LogP contribution in [0.4, 0.5) is 0 Å². The highest BCUT2D eigenvalue weighted by molar-refractivity contribution is 7.18. The van der Waals surface area contributed by atoms with Crippen molar-refractivity contribution in [3.63, 3.8) is 0 Å². The van der Waals surface area contributed by atoms with Gasteiger partial charge in [-0.2, -0.15) is 11.3 Å². The number of fused-ring (bicyclic) bond motifs is 1. The third kappa shape index (κ3) is 3.98. The molecule has 1 unspecified atom stereocenters. The van der Waals surface area contributed by atoms with Crippen molar-refractivity contribution in [2.24, 2.45) is 0 Å². The van der Waals surface area contributed by atoms with E-state index >= 15 is 0 Å². The molecule has 3 heterocycles. The number of likely N-dealkylation sites (N-methyl/N-ethyl adjacent to an activating group) is 1. The number of aromatic nitrogens is 1. The number of benzene rings is 1. The molecule has 4 nitrogen and oxygen atoms in total. The molecule has 2 atom stereocenters. The summed E-state index contributed by atoms with van der Waals surface area (Å²) in [6.07, 6.45) is 2.35. The van der Waals surface area contributed by atoms with Gasteiger partial charge in [0.1, 0.15) is 5.01 Å². The van der Waals surface area contributed by atoms with Gasteiger partial charge in [-0.1, -0.05) is 12.1 Å². The zero-order valence-electron chi connectivity index (χ0n) is 15.0. The average molecular weight is 387 g/mol. The number of hydrogen-bond donors (Lipinski definition) is 1. The Kier molecular flexibility index (Phi) is 5.33. The van der Waals surface area contributed by atoms with Crippen molar-refractivity contribution in [1.82, 2.24) is 9.88 Å². The van der Waals surface area contributed by atoms with Crippen molar-refractivity contribution in [2.45, 2.75) is 25.3 Å². The third-order valence-corrected chi connectivity index (χ3v) is 7.04.